The van der Waals surface area contributed by atoms with Gasteiger partial charge in [-0.05, 0) is 38.5 Å². The Bertz CT molecular complexity index is 858. The van der Waals surface area contributed by atoms with Crippen LogP contribution in [-0.4, -0.2) is 50.2 Å². The SMILES string of the molecule is CC(C)(C)OC(=O)NC1(C=O)C(c2ccc3c(c2)OCO3)C1S(C)(=O)=O. The Hall–Kier alpha value is -2.29. The number of sulfone groups is 1. The Morgan fingerprint density at radius 1 is 1.31 bits per heavy atom. The van der Waals surface area contributed by atoms with Crippen molar-refractivity contribution in [3.05, 3.63) is 23.8 Å². The van der Waals surface area contributed by atoms with E-state index in [4.69, 9.17) is 14.2 Å². The molecule has 3 rings (SSSR count). The normalized spacial score (nSPS) is 26.9. The Balaban J connectivity index is 1.94. The molecule has 1 heterocycles. The molecule has 3 atom stereocenters. The summed E-state index contributed by atoms with van der Waals surface area (Å²) in [7, 11) is -3.62. The number of hydrogen-bond donors (Lipinski definition) is 1. The average Bonchev–Trinajstić information content (AvgIpc) is 2.93. The molecule has 0 spiro atoms. The molecule has 2 aliphatic rings. The Morgan fingerprint density at radius 3 is 2.54 bits per heavy atom. The standard InChI is InChI=1S/C17H21NO7S/c1-16(2,3)25-15(20)18-17(8-19)13(14(17)26(4,21)22)10-5-6-11-12(7-10)24-9-23-11/h5-8,13-14H,9H2,1-4H3,(H,18,20). The summed E-state index contributed by atoms with van der Waals surface area (Å²) in [5.41, 5.74) is -1.80. The van der Waals surface area contributed by atoms with E-state index in [-0.39, 0.29) is 6.79 Å². The molecule has 1 aliphatic heterocycles. The van der Waals surface area contributed by atoms with E-state index in [0.29, 0.717) is 23.3 Å². The van der Waals surface area contributed by atoms with Gasteiger partial charge >= 0.3 is 6.09 Å². The maximum Gasteiger partial charge on any atom is 0.408 e. The topological polar surface area (TPSA) is 108 Å². The third kappa shape index (κ3) is 3.23. The van der Waals surface area contributed by atoms with Crippen molar-refractivity contribution >= 4 is 22.2 Å². The van der Waals surface area contributed by atoms with Crippen LogP contribution in [0.1, 0.15) is 32.3 Å². The fraction of sp³-hybridized carbons (Fsp3) is 0.529. The lowest BCUT2D eigenvalue weighted by atomic mass is 10.1. The number of alkyl carbamates (subject to hydrolysis) is 1. The first-order chi connectivity index (χ1) is 12.0. The van der Waals surface area contributed by atoms with Gasteiger partial charge in [0.1, 0.15) is 22.7 Å². The highest BCUT2D eigenvalue weighted by molar-refractivity contribution is 7.91. The fourth-order valence-electron chi connectivity index (χ4n) is 3.33. The van der Waals surface area contributed by atoms with Crippen molar-refractivity contribution in [2.45, 2.75) is 43.1 Å². The van der Waals surface area contributed by atoms with Crippen molar-refractivity contribution in [2.75, 3.05) is 13.0 Å². The third-order valence-corrected chi connectivity index (χ3v) is 5.89. The predicted molar refractivity (Wildman–Crippen MR) is 92.1 cm³/mol. The van der Waals surface area contributed by atoms with Gasteiger partial charge in [0.25, 0.3) is 0 Å². The van der Waals surface area contributed by atoms with Gasteiger partial charge in [-0.15, -0.1) is 0 Å². The van der Waals surface area contributed by atoms with Gasteiger partial charge in [-0.1, -0.05) is 6.07 Å². The molecule has 1 aromatic rings. The molecule has 1 saturated carbocycles. The number of carbonyl (C=O) groups excluding carboxylic acids is 2. The molecule has 0 aromatic heterocycles. The highest BCUT2D eigenvalue weighted by atomic mass is 32.2. The van der Waals surface area contributed by atoms with E-state index in [1.54, 1.807) is 39.0 Å². The second kappa shape index (κ2) is 5.87. The number of hydrogen-bond acceptors (Lipinski definition) is 7. The number of nitrogens with one attached hydrogen (secondary N) is 1. The van der Waals surface area contributed by atoms with E-state index in [1.165, 1.54) is 0 Å². The monoisotopic (exact) mass is 383 g/mol. The zero-order chi connectivity index (χ0) is 19.3. The molecule has 26 heavy (non-hydrogen) atoms. The van der Waals surface area contributed by atoms with Crippen LogP contribution in [0.2, 0.25) is 0 Å². The first-order valence-electron chi connectivity index (χ1n) is 8.04. The van der Waals surface area contributed by atoms with Crippen LogP contribution in [0.5, 0.6) is 11.5 Å². The van der Waals surface area contributed by atoms with E-state index in [0.717, 1.165) is 6.26 Å². The predicted octanol–water partition coefficient (Wildman–Crippen LogP) is 1.39. The van der Waals surface area contributed by atoms with Gasteiger partial charge in [0.05, 0.1) is 0 Å². The van der Waals surface area contributed by atoms with Crippen LogP contribution in [0, 0.1) is 0 Å². The highest BCUT2D eigenvalue weighted by Gasteiger charge is 2.72. The number of aldehydes is 1. The summed E-state index contributed by atoms with van der Waals surface area (Å²) < 4.78 is 40.2. The second-order valence-electron chi connectivity index (χ2n) is 7.52. The average molecular weight is 383 g/mol. The quantitative estimate of drug-likeness (QED) is 0.783. The van der Waals surface area contributed by atoms with Crippen LogP contribution in [0.15, 0.2) is 18.2 Å². The zero-order valence-electron chi connectivity index (χ0n) is 14.9. The zero-order valence-corrected chi connectivity index (χ0v) is 15.8. The van der Waals surface area contributed by atoms with Gasteiger partial charge in [-0.2, -0.15) is 0 Å². The maximum atomic E-state index is 12.2. The van der Waals surface area contributed by atoms with Crippen LogP contribution < -0.4 is 14.8 Å². The molecule has 0 radical (unpaired) electrons. The number of ether oxygens (including phenoxy) is 3. The second-order valence-corrected chi connectivity index (χ2v) is 9.69. The third-order valence-electron chi connectivity index (χ3n) is 4.31. The van der Waals surface area contributed by atoms with Gasteiger partial charge in [-0.25, -0.2) is 13.2 Å². The first kappa shape index (κ1) is 18.5. The maximum absolute atomic E-state index is 12.2. The summed E-state index contributed by atoms with van der Waals surface area (Å²) >= 11 is 0. The van der Waals surface area contributed by atoms with E-state index < -0.39 is 38.2 Å². The summed E-state index contributed by atoms with van der Waals surface area (Å²) in [4.78, 5) is 24.1. The lowest BCUT2D eigenvalue weighted by Gasteiger charge is -2.22. The molecule has 1 amide bonds. The van der Waals surface area contributed by atoms with E-state index >= 15 is 0 Å². The number of fused-ring (bicyclic) bond motifs is 1. The Labute approximate surface area is 151 Å². The lowest BCUT2D eigenvalue weighted by Crippen LogP contribution is -2.45. The summed E-state index contributed by atoms with van der Waals surface area (Å²) in [5, 5.41) is 1.38. The van der Waals surface area contributed by atoms with Crippen LogP contribution in [0.4, 0.5) is 4.79 Å². The fourth-order valence-corrected chi connectivity index (χ4v) is 5.10. The molecule has 0 saturated heterocycles. The largest absolute Gasteiger partial charge is 0.454 e. The van der Waals surface area contributed by atoms with Gasteiger partial charge < -0.3 is 24.3 Å². The number of carbonyl (C=O) groups is 2. The number of rotatable bonds is 4. The van der Waals surface area contributed by atoms with Crippen molar-refractivity contribution in [3.8, 4) is 11.5 Å². The summed E-state index contributed by atoms with van der Waals surface area (Å²) in [5.74, 6) is 0.276. The first-order valence-corrected chi connectivity index (χ1v) is 9.99. The Kier molecular flexibility index (Phi) is 4.18. The van der Waals surface area contributed by atoms with Crippen LogP contribution in [-0.2, 0) is 19.4 Å². The minimum absolute atomic E-state index is 0.0773. The van der Waals surface area contributed by atoms with Crippen LogP contribution in [0.3, 0.4) is 0 Å². The lowest BCUT2D eigenvalue weighted by molar-refractivity contribution is -0.110. The molecule has 1 aromatic carbocycles. The molecule has 3 unspecified atom stereocenters. The van der Waals surface area contributed by atoms with Crippen molar-refractivity contribution < 1.29 is 32.2 Å². The van der Waals surface area contributed by atoms with E-state index in [1.807, 2.05) is 0 Å². The number of benzene rings is 1. The molecule has 9 heteroatoms. The minimum atomic E-state index is -3.62. The molecule has 8 nitrogen and oxygen atoms in total. The van der Waals surface area contributed by atoms with Crippen molar-refractivity contribution in [1.29, 1.82) is 0 Å². The van der Waals surface area contributed by atoms with Crippen molar-refractivity contribution in [1.82, 2.24) is 5.32 Å². The van der Waals surface area contributed by atoms with Crippen molar-refractivity contribution in [2.24, 2.45) is 0 Å². The molecule has 1 N–H and O–H groups in total. The Morgan fingerprint density at radius 2 is 1.96 bits per heavy atom. The van der Waals surface area contributed by atoms with Crippen LogP contribution >= 0.6 is 0 Å². The minimum Gasteiger partial charge on any atom is -0.454 e. The van der Waals surface area contributed by atoms with Gasteiger partial charge in [0.15, 0.2) is 21.3 Å². The summed E-state index contributed by atoms with van der Waals surface area (Å²) in [6, 6.07) is 4.95. The smallest absolute Gasteiger partial charge is 0.408 e. The molecular weight excluding hydrogens is 362 g/mol. The van der Waals surface area contributed by atoms with Crippen LogP contribution in [0.25, 0.3) is 0 Å². The van der Waals surface area contributed by atoms with Gasteiger partial charge in [-0.3, -0.25) is 0 Å². The molecule has 0 bridgehead atoms. The highest BCUT2D eigenvalue weighted by Crippen LogP contribution is 2.55. The number of amides is 1. The van der Waals surface area contributed by atoms with Crippen molar-refractivity contribution in [3.63, 3.8) is 0 Å². The molecule has 1 fully saturated rings. The van der Waals surface area contributed by atoms with E-state index in [9.17, 15) is 18.0 Å². The summed E-state index contributed by atoms with van der Waals surface area (Å²) in [6.07, 6.45) is 0.666. The molecule has 1 aliphatic carbocycles. The van der Waals surface area contributed by atoms with Gasteiger partial charge in [0, 0.05) is 12.2 Å². The van der Waals surface area contributed by atoms with E-state index in [2.05, 4.69) is 5.32 Å². The molecular formula is C17H21NO7S. The summed E-state index contributed by atoms with van der Waals surface area (Å²) in [6.45, 7) is 5.11. The van der Waals surface area contributed by atoms with Gasteiger partial charge in [0.2, 0.25) is 6.79 Å². The molecule has 142 valence electrons.